The zero-order chi connectivity index (χ0) is 18.8. The van der Waals surface area contributed by atoms with E-state index in [9.17, 15) is 9.59 Å². The Kier molecular flexibility index (Phi) is 4.30. The van der Waals surface area contributed by atoms with Crippen molar-refractivity contribution in [2.24, 2.45) is 0 Å². The molecule has 0 bridgehead atoms. The van der Waals surface area contributed by atoms with Crippen molar-refractivity contribution < 1.29 is 13.7 Å². The SMILES string of the molecule is Cc1c(-c2ccccc2)oc2c(C(=O)NCc3ccon3)cccc2c1=O. The van der Waals surface area contributed by atoms with Gasteiger partial charge in [-0.2, -0.15) is 0 Å². The fourth-order valence-corrected chi connectivity index (χ4v) is 2.95. The first kappa shape index (κ1) is 16.8. The summed E-state index contributed by atoms with van der Waals surface area (Å²) < 4.78 is 10.8. The van der Waals surface area contributed by atoms with Gasteiger partial charge in [0.2, 0.25) is 0 Å². The Bertz CT molecular complexity index is 1160. The van der Waals surface area contributed by atoms with Crippen LogP contribution < -0.4 is 10.7 Å². The summed E-state index contributed by atoms with van der Waals surface area (Å²) in [5.74, 6) is 0.111. The number of fused-ring (bicyclic) bond motifs is 1. The van der Waals surface area contributed by atoms with Gasteiger partial charge < -0.3 is 14.3 Å². The van der Waals surface area contributed by atoms with Gasteiger partial charge in [0, 0.05) is 17.2 Å². The summed E-state index contributed by atoms with van der Waals surface area (Å²) in [6, 6.07) is 16.0. The van der Waals surface area contributed by atoms with Gasteiger partial charge in [-0.25, -0.2) is 0 Å². The smallest absolute Gasteiger partial charge is 0.255 e. The number of aromatic nitrogens is 1. The normalized spacial score (nSPS) is 10.9. The van der Waals surface area contributed by atoms with Crippen LogP contribution in [0.2, 0.25) is 0 Å². The van der Waals surface area contributed by atoms with Crippen LogP contribution in [-0.2, 0) is 6.54 Å². The lowest BCUT2D eigenvalue weighted by molar-refractivity contribution is 0.0950. The molecule has 0 atom stereocenters. The van der Waals surface area contributed by atoms with Crippen molar-refractivity contribution in [2.75, 3.05) is 0 Å². The molecule has 1 N–H and O–H groups in total. The average Bonchev–Trinajstić information content (AvgIpc) is 3.23. The standard InChI is InChI=1S/C21H16N2O4/c1-13-18(24)16-8-5-9-17(21(25)22-12-15-10-11-26-23-15)20(16)27-19(13)14-6-3-2-4-7-14/h2-11H,12H2,1H3,(H,22,25). The summed E-state index contributed by atoms with van der Waals surface area (Å²) in [6.45, 7) is 1.94. The molecule has 2 aromatic carbocycles. The van der Waals surface area contributed by atoms with E-state index in [2.05, 4.69) is 10.5 Å². The predicted molar refractivity (Wildman–Crippen MR) is 100 cm³/mol. The van der Waals surface area contributed by atoms with Crippen LogP contribution in [0.25, 0.3) is 22.3 Å². The van der Waals surface area contributed by atoms with Crippen molar-refractivity contribution in [2.45, 2.75) is 13.5 Å². The van der Waals surface area contributed by atoms with Crippen molar-refractivity contribution >= 4 is 16.9 Å². The molecule has 0 saturated heterocycles. The topological polar surface area (TPSA) is 85.3 Å². The molecule has 27 heavy (non-hydrogen) atoms. The number of benzene rings is 2. The number of carbonyl (C=O) groups is 1. The monoisotopic (exact) mass is 360 g/mol. The maximum absolute atomic E-state index is 12.8. The zero-order valence-electron chi connectivity index (χ0n) is 14.6. The van der Waals surface area contributed by atoms with Crippen molar-refractivity contribution in [3.8, 4) is 11.3 Å². The highest BCUT2D eigenvalue weighted by Crippen LogP contribution is 2.27. The third-order valence-corrected chi connectivity index (χ3v) is 4.35. The Morgan fingerprint density at radius 1 is 1.07 bits per heavy atom. The lowest BCUT2D eigenvalue weighted by Crippen LogP contribution is -2.23. The molecule has 0 radical (unpaired) electrons. The minimum absolute atomic E-state index is 0.152. The van der Waals surface area contributed by atoms with Gasteiger partial charge in [0.05, 0.1) is 17.5 Å². The maximum atomic E-state index is 12.8. The van der Waals surface area contributed by atoms with E-state index in [0.717, 1.165) is 5.56 Å². The van der Waals surface area contributed by atoms with Crippen LogP contribution in [0.1, 0.15) is 21.6 Å². The first-order valence-corrected chi connectivity index (χ1v) is 8.44. The highest BCUT2D eigenvalue weighted by Gasteiger charge is 2.18. The molecule has 0 saturated carbocycles. The fraction of sp³-hybridized carbons (Fsp3) is 0.0952. The number of para-hydroxylation sites is 1. The highest BCUT2D eigenvalue weighted by molar-refractivity contribution is 6.05. The molecule has 2 aromatic heterocycles. The van der Waals surface area contributed by atoms with Crippen LogP contribution in [0.5, 0.6) is 0 Å². The van der Waals surface area contributed by atoms with Gasteiger partial charge >= 0.3 is 0 Å². The second kappa shape index (κ2) is 6.92. The quantitative estimate of drug-likeness (QED) is 0.600. The van der Waals surface area contributed by atoms with Crippen LogP contribution in [0, 0.1) is 6.92 Å². The molecular formula is C21H16N2O4. The van der Waals surface area contributed by atoms with Crippen LogP contribution in [0.3, 0.4) is 0 Å². The lowest BCUT2D eigenvalue weighted by Gasteiger charge is -2.10. The molecule has 4 rings (SSSR count). The Labute approximate surface area is 154 Å². The fourth-order valence-electron chi connectivity index (χ4n) is 2.95. The molecule has 1 amide bonds. The Morgan fingerprint density at radius 3 is 2.63 bits per heavy atom. The van der Waals surface area contributed by atoms with Crippen LogP contribution in [0.4, 0.5) is 0 Å². The largest absolute Gasteiger partial charge is 0.455 e. The van der Waals surface area contributed by atoms with Gasteiger partial charge in [-0.3, -0.25) is 9.59 Å². The number of nitrogens with zero attached hydrogens (tertiary/aromatic N) is 1. The minimum Gasteiger partial charge on any atom is -0.455 e. The molecule has 0 aliphatic heterocycles. The minimum atomic E-state index is -0.352. The third-order valence-electron chi connectivity index (χ3n) is 4.35. The number of carbonyl (C=O) groups excluding carboxylic acids is 1. The number of rotatable bonds is 4. The van der Waals surface area contributed by atoms with Crippen molar-refractivity contribution in [1.29, 1.82) is 0 Å². The molecule has 0 unspecified atom stereocenters. The van der Waals surface area contributed by atoms with Gasteiger partial charge in [-0.05, 0) is 19.1 Å². The van der Waals surface area contributed by atoms with E-state index in [1.54, 1.807) is 31.2 Å². The molecule has 6 heteroatoms. The molecule has 6 nitrogen and oxygen atoms in total. The number of amides is 1. The molecular weight excluding hydrogens is 344 g/mol. The molecule has 0 spiro atoms. The van der Waals surface area contributed by atoms with E-state index in [0.29, 0.717) is 28.0 Å². The second-order valence-electron chi connectivity index (χ2n) is 6.11. The van der Waals surface area contributed by atoms with E-state index in [1.165, 1.54) is 6.26 Å². The van der Waals surface area contributed by atoms with Crippen LogP contribution in [-0.4, -0.2) is 11.1 Å². The Morgan fingerprint density at radius 2 is 1.89 bits per heavy atom. The van der Waals surface area contributed by atoms with Crippen molar-refractivity contribution in [3.05, 3.63) is 87.9 Å². The summed E-state index contributed by atoms with van der Waals surface area (Å²) >= 11 is 0. The van der Waals surface area contributed by atoms with Gasteiger partial charge in [-0.1, -0.05) is 41.6 Å². The zero-order valence-corrected chi connectivity index (χ0v) is 14.6. The van der Waals surface area contributed by atoms with Gasteiger partial charge in [0.15, 0.2) is 11.0 Å². The summed E-state index contributed by atoms with van der Waals surface area (Å²) in [6.07, 6.45) is 1.44. The average molecular weight is 360 g/mol. The molecule has 0 aliphatic rings. The summed E-state index contributed by atoms with van der Waals surface area (Å²) in [7, 11) is 0. The third kappa shape index (κ3) is 3.13. The second-order valence-corrected chi connectivity index (χ2v) is 6.11. The van der Waals surface area contributed by atoms with Gasteiger partial charge in [-0.15, -0.1) is 0 Å². The maximum Gasteiger partial charge on any atom is 0.255 e. The van der Waals surface area contributed by atoms with E-state index in [-0.39, 0.29) is 23.5 Å². The van der Waals surface area contributed by atoms with E-state index < -0.39 is 0 Å². The molecule has 134 valence electrons. The molecule has 2 heterocycles. The number of hydrogen-bond acceptors (Lipinski definition) is 5. The number of hydrogen-bond donors (Lipinski definition) is 1. The lowest BCUT2D eigenvalue weighted by atomic mass is 10.0. The van der Waals surface area contributed by atoms with Crippen LogP contribution in [0.15, 0.2) is 74.6 Å². The predicted octanol–water partition coefficient (Wildman–Crippen LogP) is 3.69. The summed E-state index contributed by atoms with van der Waals surface area (Å²) in [4.78, 5) is 25.5. The first-order valence-electron chi connectivity index (χ1n) is 8.44. The Balaban J connectivity index is 1.81. The van der Waals surface area contributed by atoms with Crippen molar-refractivity contribution in [3.63, 3.8) is 0 Å². The molecule has 4 aromatic rings. The summed E-state index contributed by atoms with van der Waals surface area (Å²) in [5, 5.41) is 6.90. The van der Waals surface area contributed by atoms with Crippen molar-refractivity contribution in [1.82, 2.24) is 10.5 Å². The Hall–Kier alpha value is -3.67. The van der Waals surface area contributed by atoms with E-state index in [1.807, 2.05) is 30.3 Å². The van der Waals surface area contributed by atoms with Gasteiger partial charge in [0.1, 0.15) is 17.7 Å². The van der Waals surface area contributed by atoms with E-state index >= 15 is 0 Å². The van der Waals surface area contributed by atoms with Crippen LogP contribution >= 0.6 is 0 Å². The van der Waals surface area contributed by atoms with E-state index in [4.69, 9.17) is 8.94 Å². The summed E-state index contributed by atoms with van der Waals surface area (Å²) in [5.41, 5.74) is 2.31. The van der Waals surface area contributed by atoms with Gasteiger partial charge in [0.25, 0.3) is 5.91 Å². The molecule has 0 aliphatic carbocycles. The number of nitrogens with one attached hydrogen (secondary N) is 1. The molecule has 0 fully saturated rings. The highest BCUT2D eigenvalue weighted by atomic mass is 16.5. The first-order chi connectivity index (χ1) is 13.1.